The van der Waals surface area contributed by atoms with Crippen LogP contribution in [-0.2, 0) is 0 Å². The van der Waals surface area contributed by atoms with Crippen LogP contribution in [0.3, 0.4) is 0 Å². The van der Waals surface area contributed by atoms with E-state index < -0.39 is 0 Å². The van der Waals surface area contributed by atoms with Gasteiger partial charge in [-0.2, -0.15) is 0 Å². The molecule has 4 N–H and O–H groups in total. The first-order valence-corrected chi connectivity index (χ1v) is 22.4. The highest BCUT2D eigenvalue weighted by molar-refractivity contribution is 5.45. The van der Waals surface area contributed by atoms with Crippen molar-refractivity contribution in [1.82, 2.24) is 0 Å². The Hall–Kier alpha value is -3.52. The molecule has 0 bridgehead atoms. The molecule has 0 saturated carbocycles. The number of nitrogen functional groups attached to an aromatic ring is 2. The van der Waals surface area contributed by atoms with Gasteiger partial charge in [0.05, 0.1) is 0 Å². The summed E-state index contributed by atoms with van der Waals surface area (Å²) in [5, 5.41) is 0. The van der Waals surface area contributed by atoms with Gasteiger partial charge in [-0.05, 0) is 76.9 Å². The highest BCUT2D eigenvalue weighted by Crippen LogP contribution is 2.37. The van der Waals surface area contributed by atoms with E-state index in [0.717, 1.165) is 11.4 Å². The van der Waals surface area contributed by atoms with Crippen molar-refractivity contribution < 1.29 is 0 Å². The Balaban J connectivity index is 1.54. The quantitative estimate of drug-likeness (QED) is 0.0452. The zero-order chi connectivity index (χ0) is 38.2. The van der Waals surface area contributed by atoms with E-state index in [9.17, 15) is 0 Å². The Kier molecular flexibility index (Phi) is 20.4. The van der Waals surface area contributed by atoms with Gasteiger partial charge in [0.25, 0.3) is 0 Å². The maximum atomic E-state index is 6.12. The number of rotatable bonds is 28. The average Bonchev–Trinajstić information content (AvgIpc) is 3.20. The van der Waals surface area contributed by atoms with Gasteiger partial charge in [0.1, 0.15) is 0 Å². The number of benzene rings is 4. The minimum absolute atomic E-state index is 0.406. The van der Waals surface area contributed by atoms with Gasteiger partial charge < -0.3 is 11.5 Å². The summed E-state index contributed by atoms with van der Waals surface area (Å²) in [4.78, 5) is 0. The van der Waals surface area contributed by atoms with Crippen LogP contribution >= 0.6 is 0 Å². The lowest BCUT2D eigenvalue weighted by Gasteiger charge is -2.23. The van der Waals surface area contributed by atoms with Gasteiger partial charge in [-0.25, -0.2) is 0 Å². The number of unbranched alkanes of at least 4 members (excludes halogenated alkanes) is 16. The molecule has 0 aliphatic carbocycles. The summed E-state index contributed by atoms with van der Waals surface area (Å²) >= 11 is 0. The molecule has 0 aromatic heterocycles. The molecule has 2 unspecified atom stereocenters. The fourth-order valence-corrected chi connectivity index (χ4v) is 8.52. The zero-order valence-electron chi connectivity index (χ0n) is 34.7. The van der Waals surface area contributed by atoms with E-state index in [2.05, 4.69) is 118 Å². The maximum Gasteiger partial charge on any atom is 0.0314 e. The van der Waals surface area contributed by atoms with Crippen LogP contribution in [0.2, 0.25) is 0 Å². The summed E-state index contributed by atoms with van der Waals surface area (Å²) in [6.45, 7) is 6.90. The fourth-order valence-electron chi connectivity index (χ4n) is 8.52. The Bertz CT molecular complexity index is 1390. The molecule has 0 heterocycles. The van der Waals surface area contributed by atoms with Crippen molar-refractivity contribution in [3.05, 3.63) is 130 Å². The molecule has 0 radical (unpaired) electrons. The molecule has 0 fully saturated rings. The molecule has 4 rings (SSSR count). The van der Waals surface area contributed by atoms with Crippen molar-refractivity contribution in [3.8, 4) is 0 Å². The minimum Gasteiger partial charge on any atom is -0.399 e. The summed E-state index contributed by atoms with van der Waals surface area (Å²) in [5.74, 6) is 1.22. The number of hydrogen-bond acceptors (Lipinski definition) is 2. The molecule has 4 aromatic rings. The van der Waals surface area contributed by atoms with E-state index in [1.165, 1.54) is 175 Å². The summed E-state index contributed by atoms with van der Waals surface area (Å²) in [5.41, 5.74) is 22.5. The van der Waals surface area contributed by atoms with Gasteiger partial charge in [0.2, 0.25) is 0 Å². The van der Waals surface area contributed by atoms with Crippen molar-refractivity contribution in [3.63, 3.8) is 0 Å². The topological polar surface area (TPSA) is 52.0 Å². The lowest BCUT2D eigenvalue weighted by atomic mass is 9.81. The second-order valence-electron chi connectivity index (χ2n) is 16.3. The van der Waals surface area contributed by atoms with Crippen molar-refractivity contribution >= 4 is 11.4 Å². The van der Waals surface area contributed by atoms with Crippen LogP contribution in [0.1, 0.15) is 213 Å². The van der Waals surface area contributed by atoms with Gasteiger partial charge >= 0.3 is 0 Å². The first-order chi connectivity index (χ1) is 26.5. The SMILES string of the molecule is CCCCCCCCCC(c1ccc(C(CCCCCCCC)c2ccc(N)cc2)cc1)c1ccc(C(CCCCCCCC)c2ccc(N)cc2)cc1. The molecule has 2 nitrogen and oxygen atoms in total. The van der Waals surface area contributed by atoms with Crippen LogP contribution in [0.25, 0.3) is 0 Å². The summed E-state index contributed by atoms with van der Waals surface area (Å²) in [7, 11) is 0. The largest absolute Gasteiger partial charge is 0.399 e. The Morgan fingerprint density at radius 3 is 0.685 bits per heavy atom. The Labute approximate surface area is 332 Å². The molecular formula is C52H76N2. The maximum absolute atomic E-state index is 6.12. The van der Waals surface area contributed by atoms with Crippen molar-refractivity contribution in [2.75, 3.05) is 11.5 Å². The van der Waals surface area contributed by atoms with E-state index in [1.54, 1.807) is 0 Å². The molecule has 0 saturated heterocycles. The zero-order valence-corrected chi connectivity index (χ0v) is 34.7. The van der Waals surface area contributed by atoms with E-state index in [0.29, 0.717) is 17.8 Å². The molecular weight excluding hydrogens is 653 g/mol. The third-order valence-electron chi connectivity index (χ3n) is 11.9. The second-order valence-corrected chi connectivity index (χ2v) is 16.3. The molecule has 0 aliphatic rings. The van der Waals surface area contributed by atoms with E-state index in [4.69, 9.17) is 11.5 Å². The predicted molar refractivity (Wildman–Crippen MR) is 239 cm³/mol. The van der Waals surface area contributed by atoms with Crippen LogP contribution < -0.4 is 11.5 Å². The molecule has 0 amide bonds. The number of hydrogen-bond donors (Lipinski definition) is 2. The van der Waals surface area contributed by atoms with E-state index >= 15 is 0 Å². The normalized spacial score (nSPS) is 13.2. The molecule has 54 heavy (non-hydrogen) atoms. The number of nitrogens with two attached hydrogens (primary N) is 2. The summed E-state index contributed by atoms with van der Waals surface area (Å²) in [6, 6.07) is 36.9. The van der Waals surface area contributed by atoms with Crippen LogP contribution in [0.15, 0.2) is 97.1 Å². The van der Waals surface area contributed by atoms with Crippen LogP contribution in [0, 0.1) is 0 Å². The summed E-state index contributed by atoms with van der Waals surface area (Å²) in [6.07, 6.45) is 28.9. The van der Waals surface area contributed by atoms with E-state index in [-0.39, 0.29) is 0 Å². The predicted octanol–water partition coefficient (Wildman–Crippen LogP) is 15.9. The van der Waals surface area contributed by atoms with Crippen LogP contribution in [0.4, 0.5) is 11.4 Å². The standard InChI is InChI=1S/C52H76N2/c1-4-7-10-13-16-19-22-23-50(42-26-30-44(31-27-42)51(24-20-17-14-11-8-5-2)46-34-38-48(53)39-35-46)43-28-32-45(33-29-43)52(25-21-18-15-12-9-6-3)47-36-40-49(54)41-37-47/h26-41,50-52H,4-25,53-54H2,1-3H3. The lowest BCUT2D eigenvalue weighted by molar-refractivity contribution is 0.557. The molecule has 0 spiro atoms. The minimum atomic E-state index is 0.406. The lowest BCUT2D eigenvalue weighted by Crippen LogP contribution is -2.06. The fraction of sp³-hybridized carbons (Fsp3) is 0.538. The van der Waals surface area contributed by atoms with Crippen LogP contribution in [0.5, 0.6) is 0 Å². The van der Waals surface area contributed by atoms with Crippen molar-refractivity contribution in [2.45, 2.75) is 180 Å². The molecule has 2 heteroatoms. The molecule has 4 aromatic carbocycles. The number of anilines is 2. The smallest absolute Gasteiger partial charge is 0.0314 e. The Morgan fingerprint density at radius 2 is 0.463 bits per heavy atom. The molecule has 294 valence electrons. The molecule has 0 aliphatic heterocycles. The summed E-state index contributed by atoms with van der Waals surface area (Å²) < 4.78 is 0. The van der Waals surface area contributed by atoms with Crippen molar-refractivity contribution in [1.29, 1.82) is 0 Å². The first-order valence-electron chi connectivity index (χ1n) is 22.4. The highest BCUT2D eigenvalue weighted by Gasteiger charge is 2.20. The Morgan fingerprint density at radius 1 is 0.278 bits per heavy atom. The highest BCUT2D eigenvalue weighted by atomic mass is 14.5. The van der Waals surface area contributed by atoms with Gasteiger partial charge in [0, 0.05) is 29.1 Å². The van der Waals surface area contributed by atoms with Crippen molar-refractivity contribution in [2.24, 2.45) is 0 Å². The van der Waals surface area contributed by atoms with Crippen LogP contribution in [-0.4, -0.2) is 0 Å². The first kappa shape index (κ1) is 43.2. The molecule has 2 atom stereocenters. The third-order valence-corrected chi connectivity index (χ3v) is 11.9. The monoisotopic (exact) mass is 729 g/mol. The third kappa shape index (κ3) is 15.0. The van der Waals surface area contributed by atoms with E-state index in [1.807, 2.05) is 0 Å². The van der Waals surface area contributed by atoms with Gasteiger partial charge in [-0.1, -0.05) is 216 Å². The van der Waals surface area contributed by atoms with Gasteiger partial charge in [-0.15, -0.1) is 0 Å². The van der Waals surface area contributed by atoms with Gasteiger partial charge in [-0.3, -0.25) is 0 Å². The van der Waals surface area contributed by atoms with Gasteiger partial charge in [0.15, 0.2) is 0 Å². The average molecular weight is 729 g/mol. The second kappa shape index (κ2) is 25.5.